The normalized spacial score (nSPS) is 21.8. The first-order valence-electron chi connectivity index (χ1n) is 6.88. The Morgan fingerprint density at radius 1 is 1.35 bits per heavy atom. The van der Waals surface area contributed by atoms with Crippen molar-refractivity contribution >= 4 is 5.91 Å². The molecule has 2 rings (SSSR count). The summed E-state index contributed by atoms with van der Waals surface area (Å²) in [5.74, 6) is 5.76. The van der Waals surface area contributed by atoms with Gasteiger partial charge in [-0.2, -0.15) is 0 Å². The van der Waals surface area contributed by atoms with Crippen LogP contribution in [0.5, 0.6) is 5.75 Å². The molecular weight excluding hydrogens is 256 g/mol. The smallest absolute Gasteiger partial charge is 0.263 e. The van der Waals surface area contributed by atoms with Gasteiger partial charge in [-0.3, -0.25) is 10.2 Å². The summed E-state index contributed by atoms with van der Waals surface area (Å²) >= 11 is 0. The molecule has 1 saturated heterocycles. The fraction of sp³-hybridized carbons (Fsp3) is 0.533. The van der Waals surface area contributed by atoms with Crippen LogP contribution in [-0.4, -0.2) is 24.7 Å². The Hall–Kier alpha value is -1.59. The van der Waals surface area contributed by atoms with E-state index in [4.69, 9.17) is 15.3 Å². The van der Waals surface area contributed by atoms with Gasteiger partial charge in [0.2, 0.25) is 0 Å². The summed E-state index contributed by atoms with van der Waals surface area (Å²) < 4.78 is 11.5. The minimum atomic E-state index is -0.451. The maximum Gasteiger partial charge on any atom is 0.263 e. The van der Waals surface area contributed by atoms with Crippen molar-refractivity contribution in [1.29, 1.82) is 0 Å². The van der Waals surface area contributed by atoms with Gasteiger partial charge >= 0.3 is 0 Å². The van der Waals surface area contributed by atoms with Crippen LogP contribution >= 0.6 is 0 Å². The van der Waals surface area contributed by atoms with Crippen LogP contribution in [0.25, 0.3) is 0 Å². The highest BCUT2D eigenvalue weighted by atomic mass is 16.5. The molecule has 1 amide bonds. The van der Waals surface area contributed by atoms with E-state index in [2.05, 4.69) is 31.4 Å². The third kappa shape index (κ3) is 3.11. The van der Waals surface area contributed by atoms with Crippen molar-refractivity contribution in [2.75, 3.05) is 6.61 Å². The van der Waals surface area contributed by atoms with Crippen molar-refractivity contribution in [2.45, 2.75) is 45.8 Å². The van der Waals surface area contributed by atoms with Gasteiger partial charge in [-0.25, -0.2) is 5.84 Å². The number of hydrogen-bond acceptors (Lipinski definition) is 4. The predicted molar refractivity (Wildman–Crippen MR) is 76.4 cm³/mol. The molecule has 1 fully saturated rings. The number of benzene rings is 1. The zero-order valence-electron chi connectivity index (χ0n) is 12.2. The van der Waals surface area contributed by atoms with Gasteiger partial charge in [-0.15, -0.1) is 0 Å². The van der Waals surface area contributed by atoms with E-state index in [0.29, 0.717) is 13.0 Å². The monoisotopic (exact) mass is 278 g/mol. The second-order valence-corrected chi connectivity index (χ2v) is 5.30. The number of ether oxygens (including phenoxy) is 2. The molecule has 1 aliphatic rings. The highest BCUT2D eigenvalue weighted by Gasteiger charge is 2.30. The number of aryl methyl sites for hydroxylation is 2. The van der Waals surface area contributed by atoms with E-state index in [0.717, 1.165) is 23.3 Å². The number of hydrazine groups is 1. The Labute approximate surface area is 119 Å². The molecule has 5 nitrogen and oxygen atoms in total. The molecule has 1 aliphatic heterocycles. The minimum absolute atomic E-state index is 0.0587. The van der Waals surface area contributed by atoms with Crippen molar-refractivity contribution in [3.05, 3.63) is 28.8 Å². The molecule has 0 aliphatic carbocycles. The molecule has 20 heavy (non-hydrogen) atoms. The molecule has 0 radical (unpaired) electrons. The van der Waals surface area contributed by atoms with Gasteiger partial charge in [0, 0.05) is 0 Å². The first-order chi connectivity index (χ1) is 9.52. The number of amides is 1. The Bertz CT molecular complexity index is 502. The molecule has 0 saturated carbocycles. The van der Waals surface area contributed by atoms with Crippen molar-refractivity contribution in [3.63, 3.8) is 0 Å². The Balaban J connectivity index is 1.94. The molecule has 0 aromatic heterocycles. The van der Waals surface area contributed by atoms with Crippen molar-refractivity contribution in [2.24, 2.45) is 5.84 Å². The van der Waals surface area contributed by atoms with Crippen molar-refractivity contribution in [1.82, 2.24) is 5.43 Å². The van der Waals surface area contributed by atoms with Crippen molar-refractivity contribution in [3.8, 4) is 5.75 Å². The molecule has 1 aromatic rings. The third-order valence-corrected chi connectivity index (χ3v) is 3.83. The van der Waals surface area contributed by atoms with E-state index in [1.165, 1.54) is 5.56 Å². The lowest BCUT2D eigenvalue weighted by Gasteiger charge is -2.17. The van der Waals surface area contributed by atoms with E-state index >= 15 is 0 Å². The van der Waals surface area contributed by atoms with Gasteiger partial charge < -0.3 is 9.47 Å². The van der Waals surface area contributed by atoms with E-state index in [-0.39, 0.29) is 12.0 Å². The summed E-state index contributed by atoms with van der Waals surface area (Å²) in [5, 5.41) is 0. The average molecular weight is 278 g/mol. The molecule has 1 heterocycles. The molecule has 0 spiro atoms. The second kappa shape index (κ2) is 6.24. The summed E-state index contributed by atoms with van der Waals surface area (Å²) in [6.07, 6.45) is 0.982. The maximum absolute atomic E-state index is 11.4. The maximum atomic E-state index is 11.4. The van der Waals surface area contributed by atoms with Gasteiger partial charge in [0.25, 0.3) is 5.91 Å². The summed E-state index contributed by atoms with van der Waals surface area (Å²) in [6, 6.07) is 4.14. The van der Waals surface area contributed by atoms with Crippen LogP contribution in [0.2, 0.25) is 0 Å². The van der Waals surface area contributed by atoms with Gasteiger partial charge in [-0.1, -0.05) is 12.1 Å². The molecule has 0 bridgehead atoms. The fourth-order valence-corrected chi connectivity index (χ4v) is 2.44. The fourth-order valence-electron chi connectivity index (χ4n) is 2.44. The summed E-state index contributed by atoms with van der Waals surface area (Å²) in [6.45, 7) is 6.61. The Morgan fingerprint density at radius 3 is 2.75 bits per heavy atom. The first-order valence-corrected chi connectivity index (χ1v) is 6.88. The highest BCUT2D eigenvalue weighted by Crippen LogP contribution is 2.27. The number of rotatable bonds is 4. The van der Waals surface area contributed by atoms with Crippen LogP contribution in [0.1, 0.15) is 29.5 Å². The molecular formula is C15H22N2O3. The average Bonchev–Trinajstić information content (AvgIpc) is 2.91. The van der Waals surface area contributed by atoms with Crippen LogP contribution < -0.4 is 16.0 Å². The summed E-state index contributed by atoms with van der Waals surface area (Å²) in [5.41, 5.74) is 5.59. The standard InChI is InChI=1S/C15H22N2O3/c1-9-4-5-10(2)14(11(9)3)19-8-12-6-7-13(20-12)15(18)17-16/h4-5,12-13H,6-8,16H2,1-3H3,(H,17,18). The Kier molecular flexibility index (Phi) is 4.62. The van der Waals surface area contributed by atoms with E-state index in [9.17, 15) is 4.79 Å². The molecule has 110 valence electrons. The van der Waals surface area contributed by atoms with Gasteiger partial charge in [0.05, 0.1) is 6.10 Å². The summed E-state index contributed by atoms with van der Waals surface area (Å²) in [7, 11) is 0. The second-order valence-electron chi connectivity index (χ2n) is 5.30. The Morgan fingerprint density at radius 2 is 2.05 bits per heavy atom. The van der Waals surface area contributed by atoms with E-state index in [1.54, 1.807) is 0 Å². The lowest BCUT2D eigenvalue weighted by atomic mass is 10.1. The lowest BCUT2D eigenvalue weighted by molar-refractivity contribution is -0.132. The molecule has 2 atom stereocenters. The van der Waals surface area contributed by atoms with Gasteiger partial charge in [-0.05, 0) is 50.3 Å². The number of carbonyl (C=O) groups excluding carboxylic acids is 1. The minimum Gasteiger partial charge on any atom is -0.490 e. The number of carbonyl (C=O) groups is 1. The van der Waals surface area contributed by atoms with Gasteiger partial charge in [0.15, 0.2) is 0 Å². The topological polar surface area (TPSA) is 73.6 Å². The van der Waals surface area contributed by atoms with Crippen LogP contribution in [0.15, 0.2) is 12.1 Å². The third-order valence-electron chi connectivity index (χ3n) is 3.83. The van der Waals surface area contributed by atoms with Crippen LogP contribution in [-0.2, 0) is 9.53 Å². The molecule has 5 heteroatoms. The number of nitrogens with two attached hydrogens (primary N) is 1. The van der Waals surface area contributed by atoms with E-state index in [1.807, 2.05) is 6.92 Å². The van der Waals surface area contributed by atoms with E-state index < -0.39 is 6.10 Å². The molecule has 2 unspecified atom stereocenters. The molecule has 3 N–H and O–H groups in total. The van der Waals surface area contributed by atoms with Gasteiger partial charge in [0.1, 0.15) is 18.5 Å². The predicted octanol–water partition coefficient (Wildman–Crippen LogP) is 1.53. The highest BCUT2D eigenvalue weighted by molar-refractivity contribution is 5.80. The van der Waals surface area contributed by atoms with Crippen LogP contribution in [0, 0.1) is 20.8 Å². The first kappa shape index (κ1) is 14.8. The summed E-state index contributed by atoms with van der Waals surface area (Å²) in [4.78, 5) is 11.4. The van der Waals surface area contributed by atoms with Crippen LogP contribution in [0.4, 0.5) is 0 Å². The number of hydrogen-bond donors (Lipinski definition) is 2. The molecule has 1 aromatic carbocycles. The van der Waals surface area contributed by atoms with Crippen molar-refractivity contribution < 1.29 is 14.3 Å². The zero-order chi connectivity index (χ0) is 14.7. The lowest BCUT2D eigenvalue weighted by Crippen LogP contribution is -2.39. The zero-order valence-corrected chi connectivity index (χ0v) is 12.2. The van der Waals surface area contributed by atoms with Crippen LogP contribution in [0.3, 0.4) is 0 Å². The SMILES string of the molecule is Cc1ccc(C)c(OCC2CCC(C(=O)NN)O2)c1C. The number of nitrogens with one attached hydrogen (secondary N) is 1. The largest absolute Gasteiger partial charge is 0.490 e. The quantitative estimate of drug-likeness (QED) is 0.497.